The highest BCUT2D eigenvalue weighted by atomic mass is 16.5. The molecule has 0 bridgehead atoms. The summed E-state index contributed by atoms with van der Waals surface area (Å²) in [5.41, 5.74) is 5.48. The van der Waals surface area contributed by atoms with Crippen LogP contribution in [0.3, 0.4) is 0 Å². The van der Waals surface area contributed by atoms with Gasteiger partial charge in [-0.05, 0) is 48.6 Å². The lowest BCUT2D eigenvalue weighted by atomic mass is 10.0. The van der Waals surface area contributed by atoms with Crippen LogP contribution in [0.25, 0.3) is 11.0 Å². The second-order valence-corrected chi connectivity index (χ2v) is 6.92. The lowest BCUT2D eigenvalue weighted by molar-refractivity contribution is -0.130. The van der Waals surface area contributed by atoms with Crippen LogP contribution in [-0.2, 0) is 24.1 Å². The average Bonchev–Trinajstić information content (AvgIpc) is 2.89. The van der Waals surface area contributed by atoms with Crippen LogP contribution in [0.2, 0.25) is 0 Å². The molecule has 1 aromatic heterocycles. The molecule has 4 nitrogen and oxygen atoms in total. The lowest BCUT2D eigenvalue weighted by Gasteiger charge is -2.20. The van der Waals surface area contributed by atoms with Crippen LogP contribution < -0.4 is 4.74 Å². The van der Waals surface area contributed by atoms with Gasteiger partial charge < -0.3 is 14.1 Å². The van der Waals surface area contributed by atoms with Crippen molar-refractivity contribution in [3.8, 4) is 5.75 Å². The number of aryl methyl sites for hydroxylation is 1. The molecule has 1 aliphatic heterocycles. The van der Waals surface area contributed by atoms with Crippen molar-refractivity contribution < 1.29 is 13.9 Å². The second-order valence-electron chi connectivity index (χ2n) is 6.92. The van der Waals surface area contributed by atoms with E-state index in [4.69, 9.17) is 9.15 Å². The summed E-state index contributed by atoms with van der Waals surface area (Å²) >= 11 is 0. The van der Waals surface area contributed by atoms with Crippen LogP contribution in [-0.4, -0.2) is 31.0 Å². The van der Waals surface area contributed by atoms with Gasteiger partial charge in [0.25, 0.3) is 0 Å². The molecule has 0 radical (unpaired) electrons. The minimum Gasteiger partial charge on any atom is -0.496 e. The van der Waals surface area contributed by atoms with Gasteiger partial charge in [0.05, 0.1) is 19.8 Å². The minimum absolute atomic E-state index is 0.153. The van der Waals surface area contributed by atoms with Gasteiger partial charge in [0.1, 0.15) is 11.3 Å². The van der Waals surface area contributed by atoms with Crippen molar-refractivity contribution in [2.75, 3.05) is 20.2 Å². The van der Waals surface area contributed by atoms with Crippen molar-refractivity contribution >= 4 is 16.9 Å². The monoisotopic (exact) mass is 349 g/mol. The fourth-order valence-electron chi connectivity index (χ4n) is 3.79. The zero-order valence-electron chi connectivity index (χ0n) is 15.2. The molecule has 0 atom stereocenters. The number of furan rings is 1. The molecule has 0 saturated carbocycles. The van der Waals surface area contributed by atoms with Crippen LogP contribution in [0.4, 0.5) is 0 Å². The highest BCUT2D eigenvalue weighted by Gasteiger charge is 2.21. The maximum atomic E-state index is 12.9. The zero-order chi connectivity index (χ0) is 18.1. The van der Waals surface area contributed by atoms with Gasteiger partial charge in [0, 0.05) is 24.0 Å². The van der Waals surface area contributed by atoms with Crippen molar-refractivity contribution in [1.29, 1.82) is 0 Å². The molecule has 0 saturated heterocycles. The number of rotatable bonds is 3. The molecule has 1 aliphatic rings. The number of ether oxygens (including phenoxy) is 1. The number of amides is 1. The molecule has 0 fully saturated rings. The Balaban J connectivity index is 1.50. The van der Waals surface area contributed by atoms with Gasteiger partial charge in [-0.1, -0.05) is 24.3 Å². The molecule has 0 spiro atoms. The summed E-state index contributed by atoms with van der Waals surface area (Å²) in [6.07, 6.45) is 3.79. The summed E-state index contributed by atoms with van der Waals surface area (Å²) in [5, 5.41) is 1.03. The Kier molecular flexibility index (Phi) is 4.41. The number of carbonyl (C=O) groups is 1. The van der Waals surface area contributed by atoms with Crippen LogP contribution in [0.5, 0.6) is 5.75 Å². The normalized spacial score (nSPS) is 14.2. The van der Waals surface area contributed by atoms with E-state index in [0.29, 0.717) is 6.42 Å². The van der Waals surface area contributed by atoms with E-state index < -0.39 is 0 Å². The topological polar surface area (TPSA) is 42.7 Å². The second kappa shape index (κ2) is 6.87. The van der Waals surface area contributed by atoms with E-state index in [1.165, 1.54) is 11.1 Å². The first-order valence-corrected chi connectivity index (χ1v) is 9.05. The van der Waals surface area contributed by atoms with Crippen LogP contribution in [0.1, 0.15) is 22.3 Å². The molecule has 2 aromatic carbocycles. The molecular formula is C22H23NO3. The molecular weight excluding hydrogens is 326 g/mol. The van der Waals surface area contributed by atoms with Gasteiger partial charge in [-0.15, -0.1) is 0 Å². The van der Waals surface area contributed by atoms with Gasteiger partial charge in [0.15, 0.2) is 0 Å². The first kappa shape index (κ1) is 16.7. The summed E-state index contributed by atoms with van der Waals surface area (Å²) in [5.74, 6) is 1.08. The first-order valence-electron chi connectivity index (χ1n) is 9.05. The number of hydrogen-bond donors (Lipinski definition) is 0. The Hall–Kier alpha value is -2.75. The van der Waals surface area contributed by atoms with Gasteiger partial charge in [-0.25, -0.2) is 0 Å². The number of nitrogens with zero attached hydrogens (tertiary/aromatic N) is 1. The van der Waals surface area contributed by atoms with E-state index in [9.17, 15) is 4.79 Å². The standard InChI is InChI=1S/C22H23NO3/c1-15-6-7-18-17(14-26-21(18)12-15)13-22(24)23-10-8-16-4-3-5-20(25-2)19(16)9-11-23/h3-7,12,14H,8-11,13H2,1-2H3. The number of hydrogen-bond acceptors (Lipinski definition) is 3. The fourth-order valence-corrected chi connectivity index (χ4v) is 3.79. The fraction of sp³-hybridized carbons (Fsp3) is 0.318. The first-order chi connectivity index (χ1) is 12.7. The van der Waals surface area contributed by atoms with Crippen LogP contribution in [0.15, 0.2) is 47.1 Å². The molecule has 0 N–H and O–H groups in total. The Labute approximate surface area is 153 Å². The molecule has 134 valence electrons. The highest BCUT2D eigenvalue weighted by molar-refractivity contribution is 5.88. The Morgan fingerprint density at radius 3 is 2.88 bits per heavy atom. The third-order valence-corrected chi connectivity index (χ3v) is 5.24. The van der Waals surface area contributed by atoms with Gasteiger partial charge in [-0.2, -0.15) is 0 Å². The Bertz CT molecular complexity index is 957. The summed E-state index contributed by atoms with van der Waals surface area (Å²) in [6.45, 7) is 3.50. The van der Waals surface area contributed by atoms with E-state index >= 15 is 0 Å². The maximum Gasteiger partial charge on any atom is 0.227 e. The zero-order valence-corrected chi connectivity index (χ0v) is 15.2. The molecule has 4 heteroatoms. The summed E-state index contributed by atoms with van der Waals surface area (Å²) in [7, 11) is 1.70. The summed E-state index contributed by atoms with van der Waals surface area (Å²) in [6, 6.07) is 12.3. The van der Waals surface area contributed by atoms with E-state index in [1.54, 1.807) is 13.4 Å². The SMILES string of the molecule is COc1cccc2c1CCN(C(=O)Cc1coc3cc(C)ccc13)CC2. The van der Waals surface area contributed by atoms with Crippen molar-refractivity contribution in [1.82, 2.24) is 4.90 Å². The summed E-state index contributed by atoms with van der Waals surface area (Å²) in [4.78, 5) is 14.9. The molecule has 1 amide bonds. The van der Waals surface area contributed by atoms with Crippen LogP contribution >= 0.6 is 0 Å². The smallest absolute Gasteiger partial charge is 0.227 e. The van der Waals surface area contributed by atoms with Crippen molar-refractivity contribution in [3.63, 3.8) is 0 Å². The third kappa shape index (κ3) is 3.07. The van der Waals surface area contributed by atoms with Gasteiger partial charge in [-0.3, -0.25) is 4.79 Å². The van der Waals surface area contributed by atoms with Crippen LogP contribution in [0, 0.1) is 6.92 Å². The molecule has 4 rings (SSSR count). The van der Waals surface area contributed by atoms with Gasteiger partial charge >= 0.3 is 0 Å². The Morgan fingerprint density at radius 1 is 1.19 bits per heavy atom. The number of carbonyl (C=O) groups excluding carboxylic acids is 1. The third-order valence-electron chi connectivity index (χ3n) is 5.24. The van der Waals surface area contributed by atoms with Crippen molar-refractivity contribution in [3.05, 3.63) is 64.9 Å². The van der Waals surface area contributed by atoms with E-state index in [0.717, 1.165) is 53.8 Å². The van der Waals surface area contributed by atoms with E-state index in [2.05, 4.69) is 12.1 Å². The minimum atomic E-state index is 0.153. The maximum absolute atomic E-state index is 12.9. The Morgan fingerprint density at radius 2 is 2.04 bits per heavy atom. The van der Waals surface area contributed by atoms with Gasteiger partial charge in [0.2, 0.25) is 5.91 Å². The predicted octanol–water partition coefficient (Wildman–Crippen LogP) is 3.92. The van der Waals surface area contributed by atoms with Crippen molar-refractivity contribution in [2.45, 2.75) is 26.2 Å². The number of benzene rings is 2. The summed E-state index contributed by atoms with van der Waals surface area (Å²) < 4.78 is 11.1. The average molecular weight is 349 g/mol. The molecule has 0 aliphatic carbocycles. The number of fused-ring (bicyclic) bond motifs is 2. The van der Waals surface area contributed by atoms with Crippen molar-refractivity contribution in [2.24, 2.45) is 0 Å². The lowest BCUT2D eigenvalue weighted by Crippen LogP contribution is -2.34. The molecule has 2 heterocycles. The number of methoxy groups -OCH3 is 1. The largest absolute Gasteiger partial charge is 0.496 e. The molecule has 26 heavy (non-hydrogen) atoms. The molecule has 3 aromatic rings. The molecule has 0 unspecified atom stereocenters. The van der Waals surface area contributed by atoms with E-state index in [1.807, 2.05) is 36.1 Å². The highest BCUT2D eigenvalue weighted by Crippen LogP contribution is 2.27. The quantitative estimate of drug-likeness (QED) is 0.720. The predicted molar refractivity (Wildman–Crippen MR) is 102 cm³/mol. The van der Waals surface area contributed by atoms with E-state index in [-0.39, 0.29) is 5.91 Å².